The van der Waals surface area contributed by atoms with E-state index in [1.807, 2.05) is 18.9 Å². The van der Waals surface area contributed by atoms with E-state index in [1.54, 1.807) is 6.33 Å². The van der Waals surface area contributed by atoms with Gasteiger partial charge in [0.25, 0.3) is 0 Å². The van der Waals surface area contributed by atoms with Gasteiger partial charge in [-0.15, -0.1) is 0 Å². The highest BCUT2D eigenvalue weighted by atomic mass is 16.2. The first-order valence-corrected chi connectivity index (χ1v) is 7.23. The molecule has 2 N–H and O–H groups in total. The predicted molar refractivity (Wildman–Crippen MR) is 80.0 cm³/mol. The first-order chi connectivity index (χ1) is 9.65. The number of nitrogens with zero attached hydrogens (tertiary/aromatic N) is 3. The maximum Gasteiger partial charge on any atom is 0.239 e. The highest BCUT2D eigenvalue weighted by Gasteiger charge is 2.24. The highest BCUT2D eigenvalue weighted by molar-refractivity contribution is 5.82. The van der Waals surface area contributed by atoms with Gasteiger partial charge >= 0.3 is 0 Å². The molecule has 110 valence electrons. The van der Waals surface area contributed by atoms with E-state index in [9.17, 15) is 4.79 Å². The minimum atomic E-state index is 0.0562. The predicted octanol–water partition coefficient (Wildman–Crippen LogP) is 1.19. The average Bonchev–Trinajstić information content (AvgIpc) is 3.22. The van der Waals surface area contributed by atoms with E-state index in [0.29, 0.717) is 12.6 Å². The number of hydrogen-bond acceptors (Lipinski definition) is 5. The smallest absolute Gasteiger partial charge is 0.239 e. The van der Waals surface area contributed by atoms with Crippen LogP contribution >= 0.6 is 0 Å². The molecule has 1 aliphatic carbocycles. The van der Waals surface area contributed by atoms with Gasteiger partial charge in [-0.2, -0.15) is 0 Å². The van der Waals surface area contributed by atoms with Crippen molar-refractivity contribution in [3.05, 3.63) is 11.9 Å². The molecule has 2 rings (SSSR count). The summed E-state index contributed by atoms with van der Waals surface area (Å²) in [6, 6.07) is 0.393. The number of rotatable bonds is 7. The second kappa shape index (κ2) is 6.54. The molecular formula is C14H23N5O. The van der Waals surface area contributed by atoms with E-state index in [4.69, 9.17) is 0 Å². The molecule has 1 aliphatic rings. The molecule has 0 radical (unpaired) electrons. The fraction of sp³-hybridized carbons (Fsp3) is 0.643. The van der Waals surface area contributed by atoms with Gasteiger partial charge in [0.1, 0.15) is 18.0 Å². The van der Waals surface area contributed by atoms with Crippen LogP contribution in [0.1, 0.15) is 32.3 Å². The summed E-state index contributed by atoms with van der Waals surface area (Å²) in [5.41, 5.74) is 1.05. The molecule has 0 aliphatic heterocycles. The Bertz CT molecular complexity index is 473. The summed E-state index contributed by atoms with van der Waals surface area (Å²) in [5, 5.41) is 6.23. The topological polar surface area (TPSA) is 70.2 Å². The third kappa shape index (κ3) is 3.59. The molecule has 0 aromatic carbocycles. The Morgan fingerprint density at radius 3 is 2.75 bits per heavy atom. The quantitative estimate of drug-likeness (QED) is 0.783. The zero-order chi connectivity index (χ0) is 14.5. The summed E-state index contributed by atoms with van der Waals surface area (Å²) in [6.07, 6.45) is 4.58. The third-order valence-electron chi connectivity index (χ3n) is 3.31. The van der Waals surface area contributed by atoms with Gasteiger partial charge in [0.05, 0.1) is 6.54 Å². The maximum atomic E-state index is 11.9. The molecule has 0 unspecified atom stereocenters. The van der Waals surface area contributed by atoms with E-state index in [2.05, 4.69) is 27.5 Å². The summed E-state index contributed by atoms with van der Waals surface area (Å²) in [6.45, 7) is 5.25. The summed E-state index contributed by atoms with van der Waals surface area (Å²) in [4.78, 5) is 22.4. The van der Waals surface area contributed by atoms with E-state index >= 15 is 0 Å². The van der Waals surface area contributed by atoms with Crippen molar-refractivity contribution in [3.63, 3.8) is 0 Å². The Hall–Kier alpha value is -1.85. The number of carbonyl (C=O) groups is 1. The standard InChI is InChI=1S/C14H23N5O/c1-4-11-13(15-5-2)16-9-17-14(11)19(3)8-12(20)18-10-6-7-10/h9-10H,4-8H2,1-3H3,(H,18,20)(H,15,16,17). The fourth-order valence-corrected chi connectivity index (χ4v) is 2.17. The third-order valence-corrected chi connectivity index (χ3v) is 3.31. The molecule has 6 nitrogen and oxygen atoms in total. The summed E-state index contributed by atoms with van der Waals surface area (Å²) in [5.74, 6) is 1.74. The van der Waals surface area contributed by atoms with Crippen LogP contribution in [-0.4, -0.2) is 42.1 Å². The average molecular weight is 277 g/mol. The van der Waals surface area contributed by atoms with Crippen molar-refractivity contribution >= 4 is 17.5 Å². The van der Waals surface area contributed by atoms with Crippen molar-refractivity contribution in [2.24, 2.45) is 0 Å². The van der Waals surface area contributed by atoms with Crippen molar-refractivity contribution < 1.29 is 4.79 Å². The van der Waals surface area contributed by atoms with Crippen LogP contribution in [0.5, 0.6) is 0 Å². The molecule has 20 heavy (non-hydrogen) atoms. The van der Waals surface area contributed by atoms with Crippen LogP contribution in [0.3, 0.4) is 0 Å². The van der Waals surface area contributed by atoms with Crippen molar-refractivity contribution in [2.45, 2.75) is 39.2 Å². The zero-order valence-electron chi connectivity index (χ0n) is 12.4. The Morgan fingerprint density at radius 1 is 1.40 bits per heavy atom. The molecule has 0 atom stereocenters. The lowest BCUT2D eigenvalue weighted by molar-refractivity contribution is -0.119. The lowest BCUT2D eigenvalue weighted by Gasteiger charge is -2.21. The number of likely N-dealkylation sites (N-methyl/N-ethyl adjacent to an activating group) is 1. The summed E-state index contributed by atoms with van der Waals surface area (Å²) < 4.78 is 0. The molecule has 0 bridgehead atoms. The van der Waals surface area contributed by atoms with Crippen molar-refractivity contribution in [3.8, 4) is 0 Å². The monoisotopic (exact) mass is 277 g/mol. The first kappa shape index (κ1) is 14.6. The van der Waals surface area contributed by atoms with Gasteiger partial charge in [-0.3, -0.25) is 4.79 Å². The van der Waals surface area contributed by atoms with Crippen LogP contribution in [-0.2, 0) is 11.2 Å². The second-order valence-corrected chi connectivity index (χ2v) is 5.11. The van der Waals surface area contributed by atoms with Crippen molar-refractivity contribution in [1.29, 1.82) is 0 Å². The lowest BCUT2D eigenvalue weighted by atomic mass is 10.2. The number of carbonyl (C=O) groups excluding carboxylic acids is 1. The van der Waals surface area contributed by atoms with Gasteiger partial charge in [0, 0.05) is 25.2 Å². The Labute approximate surface area is 120 Å². The van der Waals surface area contributed by atoms with E-state index < -0.39 is 0 Å². The van der Waals surface area contributed by atoms with E-state index in [-0.39, 0.29) is 5.91 Å². The molecule has 0 spiro atoms. The highest BCUT2D eigenvalue weighted by Crippen LogP contribution is 2.23. The first-order valence-electron chi connectivity index (χ1n) is 7.23. The van der Waals surface area contributed by atoms with Crippen LogP contribution in [0.4, 0.5) is 11.6 Å². The molecule has 1 fully saturated rings. The van der Waals surface area contributed by atoms with Crippen LogP contribution in [0.2, 0.25) is 0 Å². The number of nitrogens with one attached hydrogen (secondary N) is 2. The second-order valence-electron chi connectivity index (χ2n) is 5.11. The molecule has 1 saturated carbocycles. The lowest BCUT2D eigenvalue weighted by Crippen LogP contribution is -2.37. The minimum absolute atomic E-state index is 0.0562. The van der Waals surface area contributed by atoms with Crippen LogP contribution in [0.15, 0.2) is 6.33 Å². The summed E-state index contributed by atoms with van der Waals surface area (Å²) >= 11 is 0. The van der Waals surface area contributed by atoms with Crippen LogP contribution < -0.4 is 15.5 Å². The van der Waals surface area contributed by atoms with Gasteiger partial charge in [-0.05, 0) is 26.2 Å². The van der Waals surface area contributed by atoms with Crippen LogP contribution in [0.25, 0.3) is 0 Å². The van der Waals surface area contributed by atoms with Gasteiger partial charge < -0.3 is 15.5 Å². The molecule has 1 amide bonds. The molecule has 1 aromatic heterocycles. The SMILES string of the molecule is CCNc1ncnc(N(C)CC(=O)NC2CC2)c1CC. The number of aromatic nitrogens is 2. The molecule has 1 heterocycles. The summed E-state index contributed by atoms with van der Waals surface area (Å²) in [7, 11) is 1.89. The Balaban J connectivity index is 2.08. The van der Waals surface area contributed by atoms with Gasteiger partial charge in [0.15, 0.2) is 0 Å². The van der Waals surface area contributed by atoms with E-state index in [1.165, 1.54) is 0 Å². The minimum Gasteiger partial charge on any atom is -0.370 e. The van der Waals surface area contributed by atoms with Gasteiger partial charge in [-0.25, -0.2) is 9.97 Å². The largest absolute Gasteiger partial charge is 0.370 e. The number of hydrogen-bond donors (Lipinski definition) is 2. The van der Waals surface area contributed by atoms with Crippen LogP contribution in [0, 0.1) is 0 Å². The molecule has 0 saturated heterocycles. The van der Waals surface area contributed by atoms with Gasteiger partial charge in [0.2, 0.25) is 5.91 Å². The fourth-order valence-electron chi connectivity index (χ4n) is 2.17. The Kier molecular flexibility index (Phi) is 4.76. The zero-order valence-corrected chi connectivity index (χ0v) is 12.4. The normalized spacial score (nSPS) is 13.9. The Morgan fingerprint density at radius 2 is 2.15 bits per heavy atom. The molecule has 6 heteroatoms. The molecule has 1 aromatic rings. The van der Waals surface area contributed by atoms with Crippen molar-refractivity contribution in [2.75, 3.05) is 30.4 Å². The van der Waals surface area contributed by atoms with E-state index in [0.717, 1.165) is 43.0 Å². The number of amides is 1. The number of anilines is 2. The molecular weight excluding hydrogens is 254 g/mol. The maximum absolute atomic E-state index is 11.9. The van der Waals surface area contributed by atoms with Crippen molar-refractivity contribution in [1.82, 2.24) is 15.3 Å². The van der Waals surface area contributed by atoms with Gasteiger partial charge in [-0.1, -0.05) is 6.92 Å².